The summed E-state index contributed by atoms with van der Waals surface area (Å²) in [4.78, 5) is 16.1. The number of rotatable bonds is 4. The average Bonchev–Trinajstić information content (AvgIpc) is 3.15. The Labute approximate surface area is 111 Å². The maximum atomic E-state index is 11.9. The lowest BCUT2D eigenvalue weighted by atomic mass is 10.0. The van der Waals surface area contributed by atoms with Crippen molar-refractivity contribution in [2.75, 3.05) is 18.1 Å². The zero-order valence-electron chi connectivity index (χ0n) is 10.3. The third-order valence-corrected chi connectivity index (χ3v) is 4.61. The van der Waals surface area contributed by atoms with Crippen LogP contribution in [-0.4, -0.2) is 39.1 Å². The fourth-order valence-electron chi connectivity index (χ4n) is 2.18. The van der Waals surface area contributed by atoms with E-state index >= 15 is 0 Å². The van der Waals surface area contributed by atoms with Gasteiger partial charge in [-0.2, -0.15) is 11.8 Å². The largest absolute Gasteiger partial charge is 0.349 e. The van der Waals surface area contributed by atoms with Crippen LogP contribution < -0.4 is 5.32 Å². The van der Waals surface area contributed by atoms with Gasteiger partial charge in [0.05, 0.1) is 0 Å². The molecule has 5 nitrogen and oxygen atoms in total. The summed E-state index contributed by atoms with van der Waals surface area (Å²) in [5.41, 5.74) is 0. The second-order valence-electron chi connectivity index (χ2n) is 5.08. The Morgan fingerprint density at radius 1 is 1.33 bits per heavy atom. The molecule has 6 heteroatoms. The van der Waals surface area contributed by atoms with Crippen LogP contribution in [0.4, 0.5) is 0 Å². The Morgan fingerprint density at radius 3 is 2.83 bits per heavy atom. The van der Waals surface area contributed by atoms with Gasteiger partial charge in [0.2, 0.25) is 5.82 Å². The molecule has 1 aromatic rings. The molecular formula is C12H18N4OS. The van der Waals surface area contributed by atoms with Gasteiger partial charge in [-0.15, -0.1) is 5.10 Å². The van der Waals surface area contributed by atoms with E-state index in [4.69, 9.17) is 0 Å². The molecular weight excluding hydrogens is 248 g/mol. The number of hydrogen-bond acceptors (Lipinski definition) is 4. The summed E-state index contributed by atoms with van der Waals surface area (Å²) in [6.07, 6.45) is 4.73. The van der Waals surface area contributed by atoms with Crippen molar-refractivity contribution >= 4 is 17.7 Å². The van der Waals surface area contributed by atoms with Crippen LogP contribution in [0.25, 0.3) is 0 Å². The normalized spacial score (nSPS) is 20.9. The Hall–Kier alpha value is -1.04. The van der Waals surface area contributed by atoms with Crippen molar-refractivity contribution in [2.45, 2.75) is 31.6 Å². The summed E-state index contributed by atoms with van der Waals surface area (Å²) in [7, 11) is 0. The molecule has 2 fully saturated rings. The molecule has 1 aromatic heterocycles. The minimum Gasteiger partial charge on any atom is -0.349 e. The van der Waals surface area contributed by atoms with Crippen LogP contribution in [-0.2, 0) is 0 Å². The highest BCUT2D eigenvalue weighted by Gasteiger charge is 2.28. The fraction of sp³-hybridized carbons (Fsp3) is 0.750. The van der Waals surface area contributed by atoms with Crippen molar-refractivity contribution in [3.05, 3.63) is 11.6 Å². The molecule has 0 radical (unpaired) electrons. The highest BCUT2D eigenvalue weighted by Crippen LogP contribution is 2.37. The van der Waals surface area contributed by atoms with E-state index in [-0.39, 0.29) is 5.91 Å². The molecule has 98 valence electrons. The molecule has 1 saturated heterocycles. The van der Waals surface area contributed by atoms with Crippen LogP contribution in [0.15, 0.2) is 0 Å². The smallest absolute Gasteiger partial charge is 0.290 e. The van der Waals surface area contributed by atoms with Crippen molar-refractivity contribution in [1.82, 2.24) is 20.5 Å². The highest BCUT2D eigenvalue weighted by atomic mass is 32.2. The van der Waals surface area contributed by atoms with Crippen LogP contribution in [0, 0.1) is 5.92 Å². The van der Waals surface area contributed by atoms with Gasteiger partial charge in [-0.3, -0.25) is 9.89 Å². The highest BCUT2D eigenvalue weighted by molar-refractivity contribution is 7.99. The molecule has 18 heavy (non-hydrogen) atoms. The van der Waals surface area contributed by atoms with Crippen molar-refractivity contribution in [3.8, 4) is 0 Å². The van der Waals surface area contributed by atoms with Gasteiger partial charge < -0.3 is 5.32 Å². The molecule has 1 saturated carbocycles. The van der Waals surface area contributed by atoms with Gasteiger partial charge in [0.1, 0.15) is 5.82 Å². The predicted molar refractivity (Wildman–Crippen MR) is 70.7 cm³/mol. The second kappa shape index (κ2) is 5.30. The van der Waals surface area contributed by atoms with E-state index in [9.17, 15) is 4.79 Å². The monoisotopic (exact) mass is 266 g/mol. The molecule has 1 aliphatic heterocycles. The van der Waals surface area contributed by atoms with Crippen LogP contribution in [0.2, 0.25) is 0 Å². The summed E-state index contributed by atoms with van der Waals surface area (Å²) in [6, 6.07) is 0. The second-order valence-corrected chi connectivity index (χ2v) is 6.31. The SMILES string of the molecule is O=C(NCC1CCSCC1)c1n[nH]c(C2CC2)n1. The van der Waals surface area contributed by atoms with E-state index in [1.54, 1.807) is 0 Å². The maximum Gasteiger partial charge on any atom is 0.290 e. The third kappa shape index (κ3) is 2.85. The number of nitrogens with zero attached hydrogens (tertiary/aromatic N) is 2. The standard InChI is InChI=1S/C12H18N4OS/c17-12(13-7-8-3-5-18-6-4-8)11-14-10(15-16-11)9-1-2-9/h8-9H,1-7H2,(H,13,17)(H,14,15,16). The molecule has 0 bridgehead atoms. The van der Waals surface area contributed by atoms with Crippen molar-refractivity contribution in [3.63, 3.8) is 0 Å². The molecule has 2 N–H and O–H groups in total. The van der Waals surface area contributed by atoms with E-state index in [1.165, 1.54) is 24.3 Å². The molecule has 3 rings (SSSR count). The van der Waals surface area contributed by atoms with Gasteiger partial charge >= 0.3 is 0 Å². The number of aromatic nitrogens is 3. The molecule has 0 spiro atoms. The Bertz CT molecular complexity index is 423. The van der Waals surface area contributed by atoms with Gasteiger partial charge in [0.25, 0.3) is 5.91 Å². The number of hydrogen-bond donors (Lipinski definition) is 2. The van der Waals surface area contributed by atoms with Crippen molar-refractivity contribution in [2.24, 2.45) is 5.92 Å². The Kier molecular flexibility index (Phi) is 3.54. The lowest BCUT2D eigenvalue weighted by molar-refractivity contribution is 0.0936. The average molecular weight is 266 g/mol. The fourth-order valence-corrected chi connectivity index (χ4v) is 3.39. The van der Waals surface area contributed by atoms with Gasteiger partial charge in [0.15, 0.2) is 0 Å². The molecule has 0 aromatic carbocycles. The summed E-state index contributed by atoms with van der Waals surface area (Å²) < 4.78 is 0. The zero-order valence-corrected chi connectivity index (χ0v) is 11.1. The number of carbonyl (C=O) groups is 1. The first-order valence-electron chi connectivity index (χ1n) is 6.61. The topological polar surface area (TPSA) is 70.7 Å². The predicted octanol–water partition coefficient (Wildman–Crippen LogP) is 1.56. The molecule has 1 aliphatic carbocycles. The van der Waals surface area contributed by atoms with E-state index in [0.717, 1.165) is 25.2 Å². The number of aromatic amines is 1. The zero-order chi connectivity index (χ0) is 12.4. The molecule has 2 heterocycles. The number of thioether (sulfide) groups is 1. The minimum atomic E-state index is -0.142. The van der Waals surface area contributed by atoms with Crippen LogP contribution in [0.5, 0.6) is 0 Å². The van der Waals surface area contributed by atoms with E-state index in [0.29, 0.717) is 17.7 Å². The minimum absolute atomic E-state index is 0.142. The van der Waals surface area contributed by atoms with Crippen LogP contribution in [0.3, 0.4) is 0 Å². The van der Waals surface area contributed by atoms with E-state index < -0.39 is 0 Å². The van der Waals surface area contributed by atoms with E-state index in [2.05, 4.69) is 20.5 Å². The van der Waals surface area contributed by atoms with Gasteiger partial charge in [-0.1, -0.05) is 0 Å². The molecule has 0 unspecified atom stereocenters. The first-order chi connectivity index (χ1) is 8.83. The van der Waals surface area contributed by atoms with Gasteiger partial charge in [-0.25, -0.2) is 4.98 Å². The number of amides is 1. The quantitative estimate of drug-likeness (QED) is 0.867. The maximum absolute atomic E-state index is 11.9. The van der Waals surface area contributed by atoms with Crippen LogP contribution in [0.1, 0.15) is 48.0 Å². The summed E-state index contributed by atoms with van der Waals surface area (Å²) >= 11 is 2.00. The Morgan fingerprint density at radius 2 is 2.11 bits per heavy atom. The van der Waals surface area contributed by atoms with Crippen LogP contribution >= 0.6 is 11.8 Å². The molecule has 0 atom stereocenters. The number of carbonyl (C=O) groups excluding carboxylic acids is 1. The lowest BCUT2D eigenvalue weighted by Gasteiger charge is -2.21. The Balaban J connectivity index is 1.50. The lowest BCUT2D eigenvalue weighted by Crippen LogP contribution is -2.31. The number of H-pyrrole nitrogens is 1. The molecule has 2 aliphatic rings. The van der Waals surface area contributed by atoms with E-state index in [1.807, 2.05) is 11.8 Å². The third-order valence-electron chi connectivity index (χ3n) is 3.56. The van der Waals surface area contributed by atoms with Gasteiger partial charge in [0, 0.05) is 12.5 Å². The van der Waals surface area contributed by atoms with Crippen molar-refractivity contribution < 1.29 is 4.79 Å². The first-order valence-corrected chi connectivity index (χ1v) is 7.76. The summed E-state index contributed by atoms with van der Waals surface area (Å²) in [5.74, 6) is 4.58. The first kappa shape index (κ1) is 12.0. The van der Waals surface area contributed by atoms with Gasteiger partial charge in [-0.05, 0) is 43.1 Å². The molecule has 1 amide bonds. The summed E-state index contributed by atoms with van der Waals surface area (Å²) in [5, 5.41) is 9.80. The number of nitrogens with one attached hydrogen (secondary N) is 2. The van der Waals surface area contributed by atoms with Crippen molar-refractivity contribution in [1.29, 1.82) is 0 Å². The summed E-state index contributed by atoms with van der Waals surface area (Å²) in [6.45, 7) is 0.757.